The highest BCUT2D eigenvalue weighted by molar-refractivity contribution is 7.17. The summed E-state index contributed by atoms with van der Waals surface area (Å²) in [6.45, 7) is 6.02. The van der Waals surface area contributed by atoms with Crippen LogP contribution < -0.4 is 5.32 Å². The van der Waals surface area contributed by atoms with Crippen LogP contribution in [-0.4, -0.2) is 58.6 Å². The summed E-state index contributed by atoms with van der Waals surface area (Å²) in [6, 6.07) is 9.00. The van der Waals surface area contributed by atoms with Crippen LogP contribution in [0.25, 0.3) is 21.3 Å². The molecule has 1 atom stereocenters. The summed E-state index contributed by atoms with van der Waals surface area (Å²) in [5, 5.41) is 26.1. The van der Waals surface area contributed by atoms with Gasteiger partial charge >= 0.3 is 0 Å². The van der Waals surface area contributed by atoms with E-state index in [1.165, 1.54) is 13.0 Å². The molecule has 0 saturated carbocycles. The quantitative estimate of drug-likeness (QED) is 0.646. The van der Waals surface area contributed by atoms with E-state index < -0.39 is 0 Å². The Morgan fingerprint density at radius 2 is 2.03 bits per heavy atom. The van der Waals surface area contributed by atoms with Crippen molar-refractivity contribution in [3.8, 4) is 17.0 Å². The van der Waals surface area contributed by atoms with Crippen molar-refractivity contribution in [2.24, 2.45) is 0 Å². The maximum absolute atomic E-state index is 10.7. The molecule has 0 aliphatic carbocycles. The topological polar surface area (TPSA) is 70.5 Å². The molecule has 2 aliphatic heterocycles. The standard InChI is InChI=1S/C23H28N4O2S/c1-15-13-21(24-16-3-2-9-27(14-16)17-6-10-29-11-7-17)25-26-22(15)19-4-5-20-18(23(19)28)8-12-30-20/h4-5,8,12-13,16-17,28H,2-3,6-7,9-11,14H2,1H3,(H,24,25)/t16-/m0/s1. The van der Waals surface area contributed by atoms with Crippen molar-refractivity contribution in [3.05, 3.63) is 35.2 Å². The van der Waals surface area contributed by atoms with Gasteiger partial charge in [0.25, 0.3) is 0 Å². The number of phenols is 1. The minimum Gasteiger partial charge on any atom is -0.507 e. The number of benzene rings is 1. The molecule has 3 aromatic rings. The number of nitrogens with zero attached hydrogens (tertiary/aromatic N) is 3. The van der Waals surface area contributed by atoms with Crippen LogP contribution >= 0.6 is 11.3 Å². The van der Waals surface area contributed by atoms with Gasteiger partial charge in [0, 0.05) is 47.5 Å². The second kappa shape index (κ2) is 8.49. The van der Waals surface area contributed by atoms with E-state index >= 15 is 0 Å². The number of anilines is 1. The first-order chi connectivity index (χ1) is 14.7. The predicted molar refractivity (Wildman–Crippen MR) is 121 cm³/mol. The zero-order valence-electron chi connectivity index (χ0n) is 17.3. The molecule has 5 rings (SSSR count). The summed E-state index contributed by atoms with van der Waals surface area (Å²) in [4.78, 5) is 2.62. The summed E-state index contributed by atoms with van der Waals surface area (Å²) in [5.41, 5.74) is 2.48. The molecule has 0 bridgehead atoms. The average molecular weight is 425 g/mol. The van der Waals surface area contributed by atoms with Crippen LogP contribution in [0, 0.1) is 6.92 Å². The lowest BCUT2D eigenvalue weighted by Gasteiger charge is -2.40. The molecule has 7 heteroatoms. The Morgan fingerprint density at radius 1 is 1.17 bits per heavy atom. The van der Waals surface area contributed by atoms with E-state index in [0.717, 1.165) is 71.7 Å². The molecule has 158 valence electrons. The van der Waals surface area contributed by atoms with Crippen molar-refractivity contribution >= 4 is 27.2 Å². The number of ether oxygens (including phenoxy) is 1. The smallest absolute Gasteiger partial charge is 0.149 e. The lowest BCUT2D eigenvalue weighted by Crippen LogP contribution is -2.48. The predicted octanol–water partition coefficient (Wildman–Crippen LogP) is 4.43. The van der Waals surface area contributed by atoms with Crippen molar-refractivity contribution in [2.45, 2.75) is 44.7 Å². The van der Waals surface area contributed by atoms with Crippen molar-refractivity contribution in [3.63, 3.8) is 0 Å². The number of piperidine rings is 1. The summed E-state index contributed by atoms with van der Waals surface area (Å²) in [6.07, 6.45) is 4.63. The average Bonchev–Trinajstić information content (AvgIpc) is 3.25. The third-order valence-corrected chi connectivity index (χ3v) is 7.24. The summed E-state index contributed by atoms with van der Waals surface area (Å²) >= 11 is 1.62. The molecule has 30 heavy (non-hydrogen) atoms. The van der Waals surface area contributed by atoms with Gasteiger partial charge in [0.2, 0.25) is 0 Å². The van der Waals surface area contributed by atoms with Crippen LogP contribution in [0.1, 0.15) is 31.2 Å². The van der Waals surface area contributed by atoms with E-state index in [1.54, 1.807) is 11.3 Å². The van der Waals surface area contributed by atoms with Crippen LogP contribution in [-0.2, 0) is 4.74 Å². The molecular weight excluding hydrogens is 396 g/mol. The largest absolute Gasteiger partial charge is 0.507 e. The lowest BCUT2D eigenvalue weighted by molar-refractivity contribution is 0.0255. The van der Waals surface area contributed by atoms with E-state index in [-0.39, 0.29) is 5.75 Å². The Balaban J connectivity index is 1.31. The molecule has 2 saturated heterocycles. The molecular formula is C23H28N4O2S. The molecule has 2 aromatic heterocycles. The van der Waals surface area contributed by atoms with Gasteiger partial charge < -0.3 is 15.2 Å². The van der Waals surface area contributed by atoms with Gasteiger partial charge in [-0.15, -0.1) is 21.5 Å². The maximum Gasteiger partial charge on any atom is 0.149 e. The monoisotopic (exact) mass is 424 g/mol. The second-order valence-electron chi connectivity index (χ2n) is 8.38. The molecule has 0 unspecified atom stereocenters. The first-order valence-corrected chi connectivity index (χ1v) is 11.7. The Labute approximate surface area is 180 Å². The minimum atomic E-state index is 0.284. The molecule has 0 spiro atoms. The number of hydrogen-bond acceptors (Lipinski definition) is 7. The fraction of sp³-hybridized carbons (Fsp3) is 0.478. The summed E-state index contributed by atoms with van der Waals surface area (Å²) < 4.78 is 6.60. The fourth-order valence-electron chi connectivity index (χ4n) is 4.76. The normalized spacial score (nSPS) is 21.2. The zero-order valence-corrected chi connectivity index (χ0v) is 18.1. The molecule has 2 fully saturated rings. The number of rotatable bonds is 4. The highest BCUT2D eigenvalue weighted by Crippen LogP contribution is 2.38. The number of fused-ring (bicyclic) bond motifs is 1. The number of aromatic nitrogens is 2. The Hall–Kier alpha value is -2.22. The van der Waals surface area contributed by atoms with E-state index in [4.69, 9.17) is 4.74 Å². The first kappa shape index (κ1) is 19.7. The van der Waals surface area contributed by atoms with Gasteiger partial charge in [0.15, 0.2) is 0 Å². The Bertz CT molecular complexity index is 1030. The second-order valence-corrected chi connectivity index (χ2v) is 9.33. The highest BCUT2D eigenvalue weighted by atomic mass is 32.1. The molecule has 2 aliphatic rings. The minimum absolute atomic E-state index is 0.284. The number of likely N-dealkylation sites (tertiary alicyclic amines) is 1. The van der Waals surface area contributed by atoms with E-state index in [0.29, 0.717) is 12.1 Å². The third kappa shape index (κ3) is 3.89. The number of aromatic hydroxyl groups is 1. The molecule has 4 heterocycles. The van der Waals surface area contributed by atoms with Gasteiger partial charge in [-0.2, -0.15) is 0 Å². The fourth-order valence-corrected chi connectivity index (χ4v) is 5.55. The van der Waals surface area contributed by atoms with Gasteiger partial charge in [-0.3, -0.25) is 4.90 Å². The van der Waals surface area contributed by atoms with E-state index in [9.17, 15) is 5.11 Å². The number of aryl methyl sites for hydroxylation is 1. The molecule has 0 amide bonds. The Morgan fingerprint density at radius 3 is 2.87 bits per heavy atom. The Kier molecular flexibility index (Phi) is 5.58. The van der Waals surface area contributed by atoms with Crippen LogP contribution in [0.4, 0.5) is 5.82 Å². The van der Waals surface area contributed by atoms with Crippen LogP contribution in [0.3, 0.4) is 0 Å². The summed E-state index contributed by atoms with van der Waals surface area (Å²) in [5.74, 6) is 1.09. The molecule has 0 radical (unpaired) electrons. The van der Waals surface area contributed by atoms with Gasteiger partial charge in [-0.25, -0.2) is 0 Å². The van der Waals surface area contributed by atoms with Gasteiger partial charge in [0.1, 0.15) is 11.6 Å². The van der Waals surface area contributed by atoms with Crippen molar-refractivity contribution in [2.75, 3.05) is 31.6 Å². The van der Waals surface area contributed by atoms with Gasteiger partial charge in [-0.05, 0) is 74.4 Å². The van der Waals surface area contributed by atoms with Gasteiger partial charge in [-0.1, -0.05) is 0 Å². The van der Waals surface area contributed by atoms with Crippen LogP contribution in [0.2, 0.25) is 0 Å². The first-order valence-electron chi connectivity index (χ1n) is 10.8. The SMILES string of the molecule is Cc1cc(N[C@H]2CCCN(C3CCOCC3)C2)nnc1-c1ccc2sccc2c1O. The zero-order chi connectivity index (χ0) is 20.5. The van der Waals surface area contributed by atoms with Crippen molar-refractivity contribution in [1.82, 2.24) is 15.1 Å². The van der Waals surface area contributed by atoms with Gasteiger partial charge in [0.05, 0.1) is 5.69 Å². The van der Waals surface area contributed by atoms with Crippen LogP contribution in [0.5, 0.6) is 5.75 Å². The highest BCUT2D eigenvalue weighted by Gasteiger charge is 2.27. The number of thiophene rings is 1. The third-order valence-electron chi connectivity index (χ3n) is 6.36. The van der Waals surface area contributed by atoms with E-state index in [1.807, 2.05) is 36.6 Å². The van der Waals surface area contributed by atoms with E-state index in [2.05, 4.69) is 20.4 Å². The molecule has 1 aromatic carbocycles. The lowest BCUT2D eigenvalue weighted by atomic mass is 10.00. The number of phenolic OH excluding ortho intramolecular Hbond substituents is 1. The number of nitrogens with one attached hydrogen (secondary N) is 1. The maximum atomic E-state index is 10.7. The molecule has 6 nitrogen and oxygen atoms in total. The summed E-state index contributed by atoms with van der Waals surface area (Å²) in [7, 11) is 0. The number of hydrogen-bond donors (Lipinski definition) is 2. The van der Waals surface area contributed by atoms with Crippen molar-refractivity contribution < 1.29 is 9.84 Å². The van der Waals surface area contributed by atoms with Crippen LogP contribution in [0.15, 0.2) is 29.6 Å². The van der Waals surface area contributed by atoms with Crippen molar-refractivity contribution in [1.29, 1.82) is 0 Å². The molecule has 2 N–H and O–H groups in total.